The van der Waals surface area contributed by atoms with E-state index in [1.807, 2.05) is 60.7 Å². The number of anilines is 2. The van der Waals surface area contributed by atoms with Gasteiger partial charge in [0, 0.05) is 35.5 Å². The number of nitrogens with one attached hydrogen (secondary N) is 2. The maximum Gasteiger partial charge on any atom is 0.256 e. The van der Waals surface area contributed by atoms with Crippen molar-refractivity contribution in [3.05, 3.63) is 94.0 Å². The van der Waals surface area contributed by atoms with Crippen LogP contribution in [0.4, 0.5) is 11.4 Å². The summed E-state index contributed by atoms with van der Waals surface area (Å²) in [6.45, 7) is 4.56. The highest BCUT2D eigenvalue weighted by atomic mass is 79.9. The van der Waals surface area contributed by atoms with Crippen LogP contribution in [0, 0.1) is 5.92 Å². The van der Waals surface area contributed by atoms with E-state index in [1.54, 1.807) is 12.1 Å². The molecule has 0 aromatic heterocycles. The highest BCUT2D eigenvalue weighted by Crippen LogP contribution is 2.29. The molecule has 0 unspecified atom stereocenters. The van der Waals surface area contributed by atoms with E-state index in [-0.39, 0.29) is 11.8 Å². The van der Waals surface area contributed by atoms with Gasteiger partial charge in [0.15, 0.2) is 0 Å². The molecule has 2 N–H and O–H groups in total. The molecule has 0 saturated carbocycles. The third kappa shape index (κ3) is 5.82. The first-order valence-electron chi connectivity index (χ1n) is 11.3. The normalized spacial score (nSPS) is 14.1. The summed E-state index contributed by atoms with van der Waals surface area (Å²) in [6, 6.07) is 22.7. The number of carbonyl (C=O) groups is 2. The van der Waals surface area contributed by atoms with E-state index in [9.17, 15) is 9.59 Å². The number of piperidine rings is 1. The predicted octanol–water partition coefficient (Wildman–Crippen LogP) is 5.87. The van der Waals surface area contributed by atoms with Crippen molar-refractivity contribution in [2.75, 3.05) is 23.3 Å². The molecular formula is C27H28BrN3O2. The van der Waals surface area contributed by atoms with Gasteiger partial charge < -0.3 is 15.5 Å². The fourth-order valence-corrected chi connectivity index (χ4v) is 4.50. The van der Waals surface area contributed by atoms with Crippen LogP contribution in [0.5, 0.6) is 0 Å². The molecule has 0 aliphatic carbocycles. The summed E-state index contributed by atoms with van der Waals surface area (Å²) < 4.78 is 0.724. The Labute approximate surface area is 203 Å². The second-order valence-corrected chi connectivity index (χ2v) is 9.36. The molecule has 33 heavy (non-hydrogen) atoms. The van der Waals surface area contributed by atoms with Crippen LogP contribution >= 0.6 is 15.9 Å². The smallest absolute Gasteiger partial charge is 0.256 e. The first-order chi connectivity index (χ1) is 16.0. The molecule has 0 spiro atoms. The fourth-order valence-electron chi connectivity index (χ4n) is 4.04. The summed E-state index contributed by atoms with van der Waals surface area (Å²) in [4.78, 5) is 28.3. The second kappa shape index (κ2) is 10.7. The van der Waals surface area contributed by atoms with E-state index in [0.29, 0.717) is 29.3 Å². The number of nitrogens with zero attached hydrogens (tertiary/aromatic N) is 1. The minimum atomic E-state index is -0.224. The standard InChI is InChI=1S/C27H28BrN3O2/c1-19-13-15-31(16-14-19)25-12-11-21(30-27(33)22-9-5-6-10-24(22)28)17-23(25)26(32)29-18-20-7-3-2-4-8-20/h2-12,17,19H,13-16,18H2,1H3,(H,29,32)(H,30,33). The van der Waals surface area contributed by atoms with Gasteiger partial charge in [0.05, 0.1) is 11.1 Å². The second-order valence-electron chi connectivity index (χ2n) is 8.50. The van der Waals surface area contributed by atoms with E-state index in [2.05, 4.69) is 38.4 Å². The lowest BCUT2D eigenvalue weighted by atomic mass is 9.97. The number of rotatable bonds is 6. The van der Waals surface area contributed by atoms with Gasteiger partial charge in [0.1, 0.15) is 0 Å². The lowest BCUT2D eigenvalue weighted by molar-refractivity contribution is 0.0950. The van der Waals surface area contributed by atoms with E-state index in [0.717, 1.165) is 41.7 Å². The Morgan fingerprint density at radius 3 is 2.33 bits per heavy atom. The summed E-state index contributed by atoms with van der Waals surface area (Å²) in [6.07, 6.45) is 2.21. The van der Waals surface area contributed by atoms with Crippen LogP contribution in [0.3, 0.4) is 0 Å². The van der Waals surface area contributed by atoms with Crippen LogP contribution in [0.15, 0.2) is 77.3 Å². The lowest BCUT2D eigenvalue weighted by Gasteiger charge is -2.33. The van der Waals surface area contributed by atoms with Gasteiger partial charge in [-0.1, -0.05) is 49.4 Å². The van der Waals surface area contributed by atoms with Crippen LogP contribution in [0.2, 0.25) is 0 Å². The Balaban J connectivity index is 1.58. The van der Waals surface area contributed by atoms with Gasteiger partial charge in [-0.25, -0.2) is 0 Å². The van der Waals surface area contributed by atoms with Gasteiger partial charge in [-0.2, -0.15) is 0 Å². The molecule has 4 rings (SSSR count). The molecule has 2 amide bonds. The molecule has 0 atom stereocenters. The van der Waals surface area contributed by atoms with Crippen molar-refractivity contribution in [3.63, 3.8) is 0 Å². The quantitative estimate of drug-likeness (QED) is 0.440. The number of hydrogen-bond acceptors (Lipinski definition) is 3. The molecule has 0 bridgehead atoms. The molecule has 1 saturated heterocycles. The van der Waals surface area contributed by atoms with Crippen molar-refractivity contribution < 1.29 is 9.59 Å². The molecule has 3 aromatic rings. The molecule has 3 aromatic carbocycles. The van der Waals surface area contributed by atoms with Crippen molar-refractivity contribution in [2.45, 2.75) is 26.3 Å². The maximum atomic E-state index is 13.2. The number of halogens is 1. The first kappa shape index (κ1) is 23.1. The largest absolute Gasteiger partial charge is 0.371 e. The van der Waals surface area contributed by atoms with Crippen molar-refractivity contribution >= 4 is 39.1 Å². The summed E-state index contributed by atoms with van der Waals surface area (Å²) in [5, 5.41) is 5.98. The predicted molar refractivity (Wildman–Crippen MR) is 137 cm³/mol. The monoisotopic (exact) mass is 505 g/mol. The molecule has 5 nitrogen and oxygen atoms in total. The molecule has 170 valence electrons. The molecular weight excluding hydrogens is 478 g/mol. The Bertz CT molecular complexity index is 1130. The average molecular weight is 506 g/mol. The van der Waals surface area contributed by atoms with Crippen LogP contribution in [-0.2, 0) is 6.54 Å². The van der Waals surface area contributed by atoms with Crippen molar-refractivity contribution in [2.24, 2.45) is 5.92 Å². The van der Waals surface area contributed by atoms with Crippen molar-refractivity contribution in [3.8, 4) is 0 Å². The summed E-state index contributed by atoms with van der Waals surface area (Å²) >= 11 is 3.43. The summed E-state index contributed by atoms with van der Waals surface area (Å²) in [7, 11) is 0. The first-order valence-corrected chi connectivity index (χ1v) is 12.1. The summed E-state index contributed by atoms with van der Waals surface area (Å²) in [5.41, 5.74) is 3.66. The van der Waals surface area contributed by atoms with Gasteiger partial charge in [-0.3, -0.25) is 9.59 Å². The highest BCUT2D eigenvalue weighted by molar-refractivity contribution is 9.10. The number of hydrogen-bond donors (Lipinski definition) is 2. The molecule has 1 aliphatic rings. The molecule has 1 heterocycles. The van der Waals surface area contributed by atoms with Crippen LogP contribution in [-0.4, -0.2) is 24.9 Å². The van der Waals surface area contributed by atoms with Crippen LogP contribution in [0.1, 0.15) is 46.0 Å². The molecule has 6 heteroatoms. The van der Waals surface area contributed by atoms with Crippen molar-refractivity contribution in [1.29, 1.82) is 0 Å². The number of carbonyl (C=O) groups excluding carboxylic acids is 2. The Morgan fingerprint density at radius 2 is 1.61 bits per heavy atom. The van der Waals surface area contributed by atoms with E-state index >= 15 is 0 Å². The van der Waals surface area contributed by atoms with Gasteiger partial charge in [0.25, 0.3) is 11.8 Å². The molecule has 0 radical (unpaired) electrons. The Hall–Kier alpha value is -3.12. The zero-order chi connectivity index (χ0) is 23.2. The third-order valence-corrected chi connectivity index (χ3v) is 6.73. The van der Waals surface area contributed by atoms with Gasteiger partial charge in [0.2, 0.25) is 0 Å². The SMILES string of the molecule is CC1CCN(c2ccc(NC(=O)c3ccccc3Br)cc2C(=O)NCc2ccccc2)CC1. The van der Waals surface area contributed by atoms with Crippen LogP contribution in [0.25, 0.3) is 0 Å². The van der Waals surface area contributed by atoms with Gasteiger partial charge in [-0.15, -0.1) is 0 Å². The van der Waals surface area contributed by atoms with Crippen LogP contribution < -0.4 is 15.5 Å². The van der Waals surface area contributed by atoms with E-state index in [4.69, 9.17) is 0 Å². The number of benzene rings is 3. The third-order valence-electron chi connectivity index (χ3n) is 6.04. The minimum absolute atomic E-state index is 0.149. The van der Waals surface area contributed by atoms with E-state index in [1.165, 1.54) is 0 Å². The zero-order valence-electron chi connectivity index (χ0n) is 18.7. The van der Waals surface area contributed by atoms with Gasteiger partial charge >= 0.3 is 0 Å². The molecule has 1 fully saturated rings. The summed E-state index contributed by atoms with van der Waals surface area (Å²) in [5.74, 6) is 0.321. The Kier molecular flexibility index (Phi) is 7.45. The maximum absolute atomic E-state index is 13.2. The Morgan fingerprint density at radius 1 is 0.909 bits per heavy atom. The topological polar surface area (TPSA) is 61.4 Å². The highest BCUT2D eigenvalue weighted by Gasteiger charge is 2.22. The van der Waals surface area contributed by atoms with Crippen molar-refractivity contribution in [1.82, 2.24) is 5.32 Å². The average Bonchev–Trinajstić information content (AvgIpc) is 2.84. The van der Waals surface area contributed by atoms with E-state index < -0.39 is 0 Å². The molecule has 1 aliphatic heterocycles. The number of amides is 2. The minimum Gasteiger partial charge on any atom is -0.371 e. The van der Waals surface area contributed by atoms with Gasteiger partial charge in [-0.05, 0) is 70.6 Å². The fraction of sp³-hybridized carbons (Fsp3) is 0.259. The zero-order valence-corrected chi connectivity index (χ0v) is 20.3. The lowest BCUT2D eigenvalue weighted by Crippen LogP contribution is -2.35.